The van der Waals surface area contributed by atoms with Crippen LogP contribution < -0.4 is 5.73 Å². The van der Waals surface area contributed by atoms with Gasteiger partial charge in [0.1, 0.15) is 0 Å². The number of carbonyl (C=O) groups excluding carboxylic acids is 1. The molecule has 1 amide bonds. The molecule has 2 rings (SSSR count). The van der Waals surface area contributed by atoms with Gasteiger partial charge in [-0.2, -0.15) is 0 Å². The average Bonchev–Trinajstić information content (AvgIpc) is 2.70. The molecule has 0 radical (unpaired) electrons. The first-order valence-corrected chi connectivity index (χ1v) is 6.72. The van der Waals surface area contributed by atoms with Crippen molar-refractivity contribution < 1.29 is 4.79 Å². The molecule has 1 saturated heterocycles. The minimum absolute atomic E-state index is 0.0497. The van der Waals surface area contributed by atoms with Crippen molar-refractivity contribution in [2.45, 2.75) is 19.9 Å². The molecule has 19 heavy (non-hydrogen) atoms. The van der Waals surface area contributed by atoms with Crippen molar-refractivity contribution in [1.82, 2.24) is 9.80 Å². The van der Waals surface area contributed by atoms with Gasteiger partial charge in [0.15, 0.2) is 0 Å². The predicted octanol–water partition coefficient (Wildman–Crippen LogP) is 1.60. The minimum atomic E-state index is 0.0497. The number of aryl methyl sites for hydroxylation is 1. The van der Waals surface area contributed by atoms with Gasteiger partial charge in [-0.05, 0) is 44.6 Å². The number of hydrogen-bond acceptors (Lipinski definition) is 3. The Labute approximate surface area is 115 Å². The van der Waals surface area contributed by atoms with Crippen LogP contribution in [0.5, 0.6) is 0 Å². The van der Waals surface area contributed by atoms with Gasteiger partial charge in [0.05, 0.1) is 5.56 Å². The number of nitrogen functional groups attached to an aromatic ring is 1. The van der Waals surface area contributed by atoms with Gasteiger partial charge in [-0.15, -0.1) is 0 Å². The first kappa shape index (κ1) is 13.9. The molecule has 0 spiro atoms. The lowest BCUT2D eigenvalue weighted by Gasteiger charge is -2.22. The summed E-state index contributed by atoms with van der Waals surface area (Å²) in [5.41, 5.74) is 8.24. The highest BCUT2D eigenvalue weighted by Gasteiger charge is 2.34. The van der Waals surface area contributed by atoms with E-state index in [0.29, 0.717) is 23.2 Å². The fraction of sp³-hybridized carbons (Fsp3) is 0.533. The average molecular weight is 261 g/mol. The van der Waals surface area contributed by atoms with E-state index >= 15 is 0 Å². The van der Waals surface area contributed by atoms with Gasteiger partial charge in [-0.25, -0.2) is 0 Å². The summed E-state index contributed by atoms with van der Waals surface area (Å²) in [4.78, 5) is 16.6. The van der Waals surface area contributed by atoms with Crippen molar-refractivity contribution in [2.24, 2.45) is 5.92 Å². The van der Waals surface area contributed by atoms with Gasteiger partial charge in [-0.1, -0.05) is 13.0 Å². The number of amides is 1. The maximum absolute atomic E-state index is 12.5. The molecule has 1 aliphatic heterocycles. The van der Waals surface area contributed by atoms with E-state index < -0.39 is 0 Å². The molecule has 0 saturated carbocycles. The molecule has 2 unspecified atom stereocenters. The van der Waals surface area contributed by atoms with Crippen LogP contribution in [0.25, 0.3) is 0 Å². The van der Waals surface area contributed by atoms with E-state index in [1.54, 1.807) is 0 Å². The van der Waals surface area contributed by atoms with Crippen molar-refractivity contribution >= 4 is 11.6 Å². The van der Waals surface area contributed by atoms with Gasteiger partial charge in [0, 0.05) is 24.8 Å². The number of anilines is 1. The summed E-state index contributed by atoms with van der Waals surface area (Å²) in [6.07, 6.45) is 0. The van der Waals surface area contributed by atoms with Crippen LogP contribution in [0.2, 0.25) is 0 Å². The molecule has 1 aliphatic rings. The highest BCUT2D eigenvalue weighted by Crippen LogP contribution is 2.24. The zero-order chi connectivity index (χ0) is 14.2. The molecule has 104 valence electrons. The normalized spacial score (nSPS) is 23.1. The summed E-state index contributed by atoms with van der Waals surface area (Å²) in [7, 11) is 4.13. The van der Waals surface area contributed by atoms with E-state index in [2.05, 4.69) is 25.9 Å². The Kier molecular flexibility index (Phi) is 3.80. The molecular formula is C15H23N3O. The molecule has 1 aromatic rings. The third-order valence-electron chi connectivity index (χ3n) is 3.96. The molecule has 4 nitrogen and oxygen atoms in total. The number of nitrogens with zero attached hydrogens (tertiary/aromatic N) is 2. The van der Waals surface area contributed by atoms with Crippen molar-refractivity contribution in [3.8, 4) is 0 Å². The molecule has 4 heteroatoms. The van der Waals surface area contributed by atoms with E-state index in [4.69, 9.17) is 5.73 Å². The van der Waals surface area contributed by atoms with Crippen LogP contribution in [0.3, 0.4) is 0 Å². The van der Waals surface area contributed by atoms with Crippen LogP contribution in [0.15, 0.2) is 18.2 Å². The smallest absolute Gasteiger partial charge is 0.256 e. The molecule has 0 bridgehead atoms. The lowest BCUT2D eigenvalue weighted by atomic mass is 10.1. The molecular weight excluding hydrogens is 238 g/mol. The Morgan fingerprint density at radius 1 is 1.37 bits per heavy atom. The number of rotatable bonds is 2. The summed E-state index contributed by atoms with van der Waals surface area (Å²) >= 11 is 0. The van der Waals surface area contributed by atoms with Crippen molar-refractivity contribution in [1.29, 1.82) is 0 Å². The molecule has 1 aromatic carbocycles. The van der Waals surface area contributed by atoms with Crippen LogP contribution in [-0.4, -0.2) is 48.9 Å². The van der Waals surface area contributed by atoms with E-state index in [-0.39, 0.29) is 5.91 Å². The molecule has 0 aromatic heterocycles. The molecule has 1 heterocycles. The van der Waals surface area contributed by atoms with Gasteiger partial charge < -0.3 is 15.5 Å². The molecule has 2 N–H and O–H groups in total. The second-order valence-corrected chi connectivity index (χ2v) is 5.81. The monoisotopic (exact) mass is 261 g/mol. The van der Waals surface area contributed by atoms with Gasteiger partial charge in [0.2, 0.25) is 0 Å². The number of benzene rings is 1. The van der Waals surface area contributed by atoms with Crippen LogP contribution in [0.1, 0.15) is 22.8 Å². The van der Waals surface area contributed by atoms with Crippen LogP contribution in [0.4, 0.5) is 5.69 Å². The first-order chi connectivity index (χ1) is 8.90. The Morgan fingerprint density at radius 3 is 2.58 bits per heavy atom. The van der Waals surface area contributed by atoms with Crippen LogP contribution in [0, 0.1) is 12.8 Å². The Hall–Kier alpha value is -1.55. The molecule has 2 atom stereocenters. The maximum Gasteiger partial charge on any atom is 0.256 e. The SMILES string of the molecule is Cc1ccc(C(=O)N2CC(C)C(N(C)C)C2)c(N)c1. The zero-order valence-corrected chi connectivity index (χ0v) is 12.2. The fourth-order valence-corrected chi connectivity index (χ4v) is 2.83. The van der Waals surface area contributed by atoms with E-state index in [0.717, 1.165) is 18.7 Å². The number of nitrogens with two attached hydrogens (primary N) is 1. The summed E-state index contributed by atoms with van der Waals surface area (Å²) < 4.78 is 0. The Bertz CT molecular complexity index is 484. The van der Waals surface area contributed by atoms with Crippen molar-refractivity contribution in [3.05, 3.63) is 29.3 Å². The van der Waals surface area contributed by atoms with Crippen LogP contribution >= 0.6 is 0 Å². The third kappa shape index (κ3) is 2.73. The van der Waals surface area contributed by atoms with Crippen LogP contribution in [-0.2, 0) is 0 Å². The van der Waals surface area contributed by atoms with Gasteiger partial charge >= 0.3 is 0 Å². The third-order valence-corrected chi connectivity index (χ3v) is 3.96. The van der Waals surface area contributed by atoms with Crippen molar-refractivity contribution in [2.75, 3.05) is 32.9 Å². The highest BCUT2D eigenvalue weighted by atomic mass is 16.2. The van der Waals surface area contributed by atoms with E-state index in [9.17, 15) is 4.79 Å². The summed E-state index contributed by atoms with van der Waals surface area (Å²) in [5, 5.41) is 0. The second kappa shape index (κ2) is 5.21. The van der Waals surface area contributed by atoms with Crippen molar-refractivity contribution in [3.63, 3.8) is 0 Å². The zero-order valence-electron chi connectivity index (χ0n) is 12.2. The Balaban J connectivity index is 2.17. The lowest BCUT2D eigenvalue weighted by Crippen LogP contribution is -2.36. The minimum Gasteiger partial charge on any atom is -0.398 e. The largest absolute Gasteiger partial charge is 0.398 e. The number of hydrogen-bond donors (Lipinski definition) is 1. The van der Waals surface area contributed by atoms with E-state index in [1.165, 1.54) is 0 Å². The standard InChI is InChI=1S/C15H23N3O/c1-10-5-6-12(13(16)7-10)15(19)18-8-11(2)14(9-18)17(3)4/h5-7,11,14H,8-9,16H2,1-4H3. The Morgan fingerprint density at radius 2 is 2.05 bits per heavy atom. The predicted molar refractivity (Wildman–Crippen MR) is 78.1 cm³/mol. The lowest BCUT2D eigenvalue weighted by molar-refractivity contribution is 0.0782. The highest BCUT2D eigenvalue weighted by molar-refractivity contribution is 5.99. The molecule has 0 aliphatic carbocycles. The summed E-state index contributed by atoms with van der Waals surface area (Å²) in [5.74, 6) is 0.541. The number of likely N-dealkylation sites (tertiary alicyclic amines) is 1. The van der Waals surface area contributed by atoms with Gasteiger partial charge in [-0.3, -0.25) is 4.79 Å². The number of likely N-dealkylation sites (N-methyl/N-ethyl adjacent to an activating group) is 1. The van der Waals surface area contributed by atoms with Gasteiger partial charge in [0.25, 0.3) is 5.91 Å². The first-order valence-electron chi connectivity index (χ1n) is 6.72. The topological polar surface area (TPSA) is 49.6 Å². The number of carbonyl (C=O) groups is 1. The quantitative estimate of drug-likeness (QED) is 0.823. The molecule has 1 fully saturated rings. The summed E-state index contributed by atoms with van der Waals surface area (Å²) in [6.45, 7) is 5.75. The van der Waals surface area contributed by atoms with E-state index in [1.807, 2.05) is 30.0 Å². The maximum atomic E-state index is 12.5. The fourth-order valence-electron chi connectivity index (χ4n) is 2.83. The second-order valence-electron chi connectivity index (χ2n) is 5.81. The summed E-state index contributed by atoms with van der Waals surface area (Å²) in [6, 6.07) is 6.05.